The van der Waals surface area contributed by atoms with Gasteiger partial charge in [-0.1, -0.05) is 56.4 Å². The quantitative estimate of drug-likeness (QED) is 0.659. The number of hydrogen-bond acceptors (Lipinski definition) is 3. The van der Waals surface area contributed by atoms with Crippen LogP contribution in [0.2, 0.25) is 0 Å². The highest BCUT2D eigenvalue weighted by molar-refractivity contribution is 7.89. The fourth-order valence-electron chi connectivity index (χ4n) is 5.65. The molecule has 29 heavy (non-hydrogen) atoms. The van der Waals surface area contributed by atoms with Crippen LogP contribution in [0, 0.1) is 18.8 Å². The first-order valence-electron chi connectivity index (χ1n) is 11.4. The van der Waals surface area contributed by atoms with Gasteiger partial charge in [-0.2, -0.15) is 4.31 Å². The molecule has 4 rings (SSSR count). The van der Waals surface area contributed by atoms with Crippen LogP contribution in [-0.2, 0) is 10.0 Å². The number of benzene rings is 1. The third-order valence-corrected chi connectivity index (χ3v) is 9.33. The number of aryl methyl sites for hydroxylation is 1. The maximum absolute atomic E-state index is 13.1. The number of sulfonamides is 1. The minimum Gasteiger partial charge on any atom is -0.297 e. The summed E-state index contributed by atoms with van der Waals surface area (Å²) >= 11 is 0. The average molecular weight is 417 g/mol. The molecule has 0 unspecified atom stereocenters. The molecule has 1 aromatic carbocycles. The molecular formula is C24H36N2O2S. The normalized spacial score (nSPS) is 29.6. The van der Waals surface area contributed by atoms with Crippen molar-refractivity contribution in [3.8, 4) is 0 Å². The van der Waals surface area contributed by atoms with Crippen molar-refractivity contribution in [3.05, 3.63) is 42.0 Å². The standard InChI is InChI=1S/C24H36N2O2S/c1-19-8-6-12-24(16-19)29(27,28)25(2)22-13-14-23(17-22)26-15-7-11-21(18-26)20-9-4-3-5-10-20/h6,8,12-14,16,20-23H,3-5,7,9-11,15,17-18H2,1-2H3/t21-,22+,23-/m0/s1. The van der Waals surface area contributed by atoms with E-state index in [1.54, 1.807) is 23.5 Å². The molecule has 0 bridgehead atoms. The molecule has 5 heteroatoms. The molecule has 3 aliphatic rings. The van der Waals surface area contributed by atoms with E-state index in [4.69, 9.17) is 0 Å². The molecule has 1 saturated heterocycles. The van der Waals surface area contributed by atoms with Crippen molar-refractivity contribution in [2.24, 2.45) is 11.8 Å². The molecule has 0 aromatic heterocycles. The number of rotatable bonds is 5. The Kier molecular flexibility index (Phi) is 6.47. The summed E-state index contributed by atoms with van der Waals surface area (Å²) in [5.74, 6) is 1.75. The minimum atomic E-state index is -3.46. The van der Waals surface area contributed by atoms with E-state index < -0.39 is 10.0 Å². The van der Waals surface area contributed by atoms with E-state index in [0.29, 0.717) is 10.9 Å². The molecule has 1 saturated carbocycles. The van der Waals surface area contributed by atoms with Crippen LogP contribution in [-0.4, -0.2) is 49.8 Å². The number of nitrogens with zero attached hydrogens (tertiary/aromatic N) is 2. The number of hydrogen-bond donors (Lipinski definition) is 0. The summed E-state index contributed by atoms with van der Waals surface area (Å²) in [6.07, 6.45) is 15.0. The van der Waals surface area contributed by atoms with Gasteiger partial charge in [0.05, 0.1) is 4.90 Å². The van der Waals surface area contributed by atoms with Crippen molar-refractivity contribution in [1.29, 1.82) is 0 Å². The minimum absolute atomic E-state index is 0.0550. The molecule has 2 fully saturated rings. The molecule has 0 radical (unpaired) electrons. The van der Waals surface area contributed by atoms with Crippen molar-refractivity contribution in [3.63, 3.8) is 0 Å². The highest BCUT2D eigenvalue weighted by Crippen LogP contribution is 2.36. The summed E-state index contributed by atoms with van der Waals surface area (Å²) in [6, 6.07) is 7.55. The van der Waals surface area contributed by atoms with Crippen LogP contribution in [0.4, 0.5) is 0 Å². The Morgan fingerprint density at radius 3 is 2.52 bits per heavy atom. The highest BCUT2D eigenvalue weighted by atomic mass is 32.2. The lowest BCUT2D eigenvalue weighted by molar-refractivity contribution is 0.0923. The van der Waals surface area contributed by atoms with Gasteiger partial charge in [0.1, 0.15) is 0 Å². The van der Waals surface area contributed by atoms with Crippen LogP contribution in [0.1, 0.15) is 56.9 Å². The van der Waals surface area contributed by atoms with Gasteiger partial charge in [0.25, 0.3) is 0 Å². The molecule has 3 atom stereocenters. The van der Waals surface area contributed by atoms with Crippen LogP contribution >= 0.6 is 0 Å². The summed E-state index contributed by atoms with van der Waals surface area (Å²) in [6.45, 7) is 4.28. The smallest absolute Gasteiger partial charge is 0.243 e. The molecule has 4 nitrogen and oxygen atoms in total. The van der Waals surface area contributed by atoms with Gasteiger partial charge >= 0.3 is 0 Å². The summed E-state index contributed by atoms with van der Waals surface area (Å²) in [7, 11) is -1.73. The zero-order valence-corrected chi connectivity index (χ0v) is 18.8. The third-order valence-electron chi connectivity index (χ3n) is 7.45. The molecule has 0 amide bonds. The summed E-state index contributed by atoms with van der Waals surface area (Å²) in [5, 5.41) is 0. The van der Waals surface area contributed by atoms with Gasteiger partial charge in [0.15, 0.2) is 0 Å². The van der Waals surface area contributed by atoms with Crippen LogP contribution in [0.3, 0.4) is 0 Å². The Morgan fingerprint density at radius 1 is 1.00 bits per heavy atom. The van der Waals surface area contributed by atoms with Crippen molar-refractivity contribution < 1.29 is 8.42 Å². The summed E-state index contributed by atoms with van der Waals surface area (Å²) < 4.78 is 27.8. The van der Waals surface area contributed by atoms with E-state index in [0.717, 1.165) is 30.4 Å². The summed E-state index contributed by atoms with van der Waals surface area (Å²) in [4.78, 5) is 3.03. The number of likely N-dealkylation sites (N-methyl/N-ethyl adjacent to an activating group) is 1. The fourth-order valence-corrected chi connectivity index (χ4v) is 7.08. The lowest BCUT2D eigenvalue weighted by Gasteiger charge is -2.41. The molecular weight excluding hydrogens is 380 g/mol. The van der Waals surface area contributed by atoms with Crippen molar-refractivity contribution in [1.82, 2.24) is 9.21 Å². The van der Waals surface area contributed by atoms with E-state index in [9.17, 15) is 8.42 Å². The first-order valence-corrected chi connectivity index (χ1v) is 12.9. The van der Waals surface area contributed by atoms with Gasteiger partial charge < -0.3 is 0 Å². The van der Waals surface area contributed by atoms with Gasteiger partial charge in [0, 0.05) is 25.7 Å². The van der Waals surface area contributed by atoms with Crippen LogP contribution in [0.15, 0.2) is 41.3 Å². The lowest BCUT2D eigenvalue weighted by atomic mass is 9.76. The Bertz CT molecular complexity index is 829. The fraction of sp³-hybridized carbons (Fsp3) is 0.667. The van der Waals surface area contributed by atoms with Crippen LogP contribution in [0.5, 0.6) is 0 Å². The van der Waals surface area contributed by atoms with E-state index in [1.165, 1.54) is 51.5 Å². The number of likely N-dealkylation sites (tertiary alicyclic amines) is 1. The molecule has 1 aromatic rings. The average Bonchev–Trinajstić information content (AvgIpc) is 3.24. The predicted molar refractivity (Wildman–Crippen MR) is 118 cm³/mol. The zero-order chi connectivity index (χ0) is 20.4. The topological polar surface area (TPSA) is 40.6 Å². The van der Waals surface area contributed by atoms with Gasteiger partial charge in [-0.3, -0.25) is 4.90 Å². The third kappa shape index (κ3) is 4.62. The Balaban J connectivity index is 1.39. The van der Waals surface area contributed by atoms with Gasteiger partial charge in [-0.15, -0.1) is 0 Å². The monoisotopic (exact) mass is 416 g/mol. The van der Waals surface area contributed by atoms with Crippen molar-refractivity contribution in [2.45, 2.75) is 75.3 Å². The molecule has 1 heterocycles. The van der Waals surface area contributed by atoms with E-state index in [2.05, 4.69) is 17.1 Å². The maximum Gasteiger partial charge on any atom is 0.243 e. The Hall–Kier alpha value is -1.17. The van der Waals surface area contributed by atoms with E-state index in [-0.39, 0.29) is 6.04 Å². The SMILES string of the molecule is Cc1cccc(S(=O)(=O)N(C)[C@@H]2C=C[C@H](N3CCC[C@H](C4CCCCC4)C3)C2)c1. The predicted octanol–water partition coefficient (Wildman–Crippen LogP) is 4.60. The van der Waals surface area contributed by atoms with Crippen LogP contribution < -0.4 is 0 Å². The van der Waals surface area contributed by atoms with Crippen molar-refractivity contribution >= 4 is 10.0 Å². The summed E-state index contributed by atoms with van der Waals surface area (Å²) in [5.41, 5.74) is 0.974. The second-order valence-corrected chi connectivity index (χ2v) is 11.4. The Morgan fingerprint density at radius 2 is 1.76 bits per heavy atom. The van der Waals surface area contributed by atoms with Gasteiger partial charge in [-0.05, 0) is 62.3 Å². The molecule has 0 spiro atoms. The lowest BCUT2D eigenvalue weighted by Crippen LogP contribution is -2.45. The second-order valence-electron chi connectivity index (χ2n) is 9.39. The van der Waals surface area contributed by atoms with Crippen molar-refractivity contribution in [2.75, 3.05) is 20.1 Å². The molecule has 160 valence electrons. The first kappa shape index (κ1) is 21.1. The zero-order valence-electron chi connectivity index (χ0n) is 18.0. The van der Waals surface area contributed by atoms with E-state index >= 15 is 0 Å². The highest BCUT2D eigenvalue weighted by Gasteiger charge is 2.36. The van der Waals surface area contributed by atoms with E-state index in [1.807, 2.05) is 19.1 Å². The Labute approximate surface area is 177 Å². The number of piperidine rings is 1. The van der Waals surface area contributed by atoms with Gasteiger partial charge in [0.2, 0.25) is 10.0 Å². The molecule has 1 aliphatic heterocycles. The van der Waals surface area contributed by atoms with Gasteiger partial charge in [-0.25, -0.2) is 8.42 Å². The van der Waals surface area contributed by atoms with Crippen LogP contribution in [0.25, 0.3) is 0 Å². The molecule has 0 N–H and O–H groups in total. The largest absolute Gasteiger partial charge is 0.297 e. The first-order chi connectivity index (χ1) is 13.9. The molecule has 2 aliphatic carbocycles. The maximum atomic E-state index is 13.1. The second kappa shape index (κ2) is 8.91.